The summed E-state index contributed by atoms with van der Waals surface area (Å²) in [5, 5.41) is 3.45. The lowest BCUT2D eigenvalue weighted by molar-refractivity contribution is -0.143. The van der Waals surface area contributed by atoms with Crippen molar-refractivity contribution in [2.45, 2.75) is 58.9 Å². The highest BCUT2D eigenvalue weighted by Crippen LogP contribution is 2.36. The van der Waals surface area contributed by atoms with Gasteiger partial charge in [-0.1, -0.05) is 19.8 Å². The molecule has 0 amide bonds. The van der Waals surface area contributed by atoms with E-state index in [1.54, 1.807) is 0 Å². The van der Waals surface area contributed by atoms with Crippen LogP contribution in [-0.4, -0.2) is 25.2 Å². The van der Waals surface area contributed by atoms with E-state index < -0.39 is 0 Å². The Morgan fingerprint density at radius 3 is 2.62 bits per heavy atom. The van der Waals surface area contributed by atoms with Crippen molar-refractivity contribution in [3.8, 4) is 0 Å². The van der Waals surface area contributed by atoms with Crippen LogP contribution in [0.1, 0.15) is 52.9 Å². The summed E-state index contributed by atoms with van der Waals surface area (Å²) in [4.78, 5) is 11.3. The van der Waals surface area contributed by atoms with Gasteiger partial charge in [-0.2, -0.15) is 0 Å². The second-order valence-electron chi connectivity index (χ2n) is 5.31. The minimum Gasteiger partial charge on any atom is -0.466 e. The topological polar surface area (TPSA) is 38.3 Å². The summed E-state index contributed by atoms with van der Waals surface area (Å²) in [5.74, 6) is -0.0981. The molecule has 0 spiro atoms. The molecule has 16 heavy (non-hydrogen) atoms. The second-order valence-corrected chi connectivity index (χ2v) is 5.31. The van der Waals surface area contributed by atoms with E-state index in [1.807, 2.05) is 6.92 Å². The van der Waals surface area contributed by atoms with E-state index in [1.165, 1.54) is 25.7 Å². The van der Waals surface area contributed by atoms with Gasteiger partial charge < -0.3 is 10.1 Å². The summed E-state index contributed by atoms with van der Waals surface area (Å²) in [5.41, 5.74) is 0.447. The highest BCUT2D eigenvalue weighted by atomic mass is 16.5. The average Bonchev–Trinajstić information content (AvgIpc) is 2.63. The minimum absolute atomic E-state index is 0.0981. The first-order chi connectivity index (χ1) is 7.56. The van der Waals surface area contributed by atoms with Crippen molar-refractivity contribution >= 4 is 5.97 Å². The Bertz CT molecular complexity index is 222. The normalized spacial score (nSPS) is 20.7. The lowest BCUT2D eigenvalue weighted by atomic mass is 9.88. The van der Waals surface area contributed by atoms with Crippen LogP contribution in [-0.2, 0) is 9.53 Å². The Kier molecular flexibility index (Phi) is 5.26. The van der Waals surface area contributed by atoms with Crippen molar-refractivity contribution in [2.24, 2.45) is 5.41 Å². The molecule has 1 aliphatic carbocycles. The van der Waals surface area contributed by atoms with Gasteiger partial charge in [0, 0.05) is 12.6 Å². The molecule has 0 aromatic rings. The summed E-state index contributed by atoms with van der Waals surface area (Å²) >= 11 is 0. The van der Waals surface area contributed by atoms with Crippen molar-refractivity contribution < 1.29 is 9.53 Å². The Hall–Kier alpha value is -0.570. The number of nitrogens with one attached hydrogen (secondary N) is 1. The lowest BCUT2D eigenvalue weighted by Crippen LogP contribution is -2.37. The highest BCUT2D eigenvalue weighted by molar-refractivity contribution is 5.69. The molecule has 0 saturated heterocycles. The third-order valence-electron chi connectivity index (χ3n) is 3.47. The summed E-state index contributed by atoms with van der Waals surface area (Å²) in [6.07, 6.45) is 5.80. The van der Waals surface area contributed by atoms with Gasteiger partial charge in [0.2, 0.25) is 0 Å². The lowest BCUT2D eigenvalue weighted by Gasteiger charge is -2.26. The average molecular weight is 227 g/mol. The highest BCUT2D eigenvalue weighted by Gasteiger charge is 2.28. The van der Waals surface area contributed by atoms with E-state index in [-0.39, 0.29) is 12.0 Å². The van der Waals surface area contributed by atoms with Crippen LogP contribution in [0.3, 0.4) is 0 Å². The van der Waals surface area contributed by atoms with Crippen molar-refractivity contribution in [3.05, 3.63) is 0 Å². The van der Waals surface area contributed by atoms with Crippen LogP contribution in [0.5, 0.6) is 0 Å². The number of ether oxygens (including phenoxy) is 1. The Morgan fingerprint density at radius 2 is 2.06 bits per heavy atom. The predicted molar refractivity (Wildman–Crippen MR) is 65.3 cm³/mol. The van der Waals surface area contributed by atoms with Crippen LogP contribution in [0.15, 0.2) is 0 Å². The molecule has 1 N–H and O–H groups in total. The van der Waals surface area contributed by atoms with E-state index in [4.69, 9.17) is 4.74 Å². The molecule has 0 aliphatic heterocycles. The number of carbonyl (C=O) groups excluding carboxylic acids is 1. The maximum Gasteiger partial charge on any atom is 0.307 e. The molecule has 3 heteroatoms. The Balaban J connectivity index is 2.19. The first kappa shape index (κ1) is 13.5. The molecule has 0 heterocycles. The molecule has 1 unspecified atom stereocenters. The number of rotatable bonds is 6. The zero-order valence-corrected chi connectivity index (χ0v) is 10.8. The SMILES string of the molecule is CCOC(=O)CC(C)NCC1(C)CCCC1. The van der Waals surface area contributed by atoms with Crippen molar-refractivity contribution in [1.29, 1.82) is 0 Å². The van der Waals surface area contributed by atoms with E-state index in [0.29, 0.717) is 18.4 Å². The maximum atomic E-state index is 11.3. The fourth-order valence-corrected chi connectivity index (χ4v) is 2.37. The van der Waals surface area contributed by atoms with Gasteiger partial charge in [-0.3, -0.25) is 4.79 Å². The van der Waals surface area contributed by atoms with Crippen LogP contribution < -0.4 is 5.32 Å². The minimum atomic E-state index is -0.0981. The largest absolute Gasteiger partial charge is 0.466 e. The monoisotopic (exact) mass is 227 g/mol. The summed E-state index contributed by atoms with van der Waals surface area (Å²) in [6.45, 7) is 7.73. The number of hydrogen-bond acceptors (Lipinski definition) is 3. The van der Waals surface area contributed by atoms with Crippen molar-refractivity contribution in [1.82, 2.24) is 5.32 Å². The molecule has 3 nitrogen and oxygen atoms in total. The number of carbonyl (C=O) groups is 1. The van der Waals surface area contributed by atoms with Gasteiger partial charge in [0.15, 0.2) is 0 Å². The molecule has 1 fully saturated rings. The second kappa shape index (κ2) is 6.24. The van der Waals surface area contributed by atoms with Gasteiger partial charge in [0.1, 0.15) is 0 Å². The summed E-state index contributed by atoms with van der Waals surface area (Å²) in [6, 6.07) is 0.219. The molecule has 94 valence electrons. The molecule has 1 aliphatic rings. The summed E-state index contributed by atoms with van der Waals surface area (Å²) in [7, 11) is 0. The molecule has 0 radical (unpaired) electrons. The van der Waals surface area contributed by atoms with Gasteiger partial charge in [-0.15, -0.1) is 0 Å². The number of esters is 1. The van der Waals surface area contributed by atoms with Gasteiger partial charge in [0.05, 0.1) is 13.0 Å². The standard InChI is InChI=1S/C13H25NO2/c1-4-16-12(15)9-11(2)14-10-13(3)7-5-6-8-13/h11,14H,4-10H2,1-3H3. The van der Waals surface area contributed by atoms with Gasteiger partial charge in [-0.25, -0.2) is 0 Å². The van der Waals surface area contributed by atoms with Crippen LogP contribution in [0.2, 0.25) is 0 Å². The molecule has 0 bridgehead atoms. The summed E-state index contributed by atoms with van der Waals surface area (Å²) < 4.78 is 4.93. The van der Waals surface area contributed by atoms with Crippen molar-refractivity contribution in [2.75, 3.05) is 13.2 Å². The van der Waals surface area contributed by atoms with Crippen LogP contribution in [0.4, 0.5) is 0 Å². The Morgan fingerprint density at radius 1 is 1.44 bits per heavy atom. The fraction of sp³-hybridized carbons (Fsp3) is 0.923. The van der Waals surface area contributed by atoms with Crippen molar-refractivity contribution in [3.63, 3.8) is 0 Å². The fourth-order valence-electron chi connectivity index (χ4n) is 2.37. The Labute approximate surface area is 98.9 Å². The zero-order chi connectivity index (χ0) is 12.0. The molecule has 1 atom stereocenters. The third kappa shape index (κ3) is 4.52. The van der Waals surface area contributed by atoms with E-state index >= 15 is 0 Å². The van der Waals surface area contributed by atoms with Crippen LogP contribution in [0.25, 0.3) is 0 Å². The third-order valence-corrected chi connectivity index (χ3v) is 3.47. The van der Waals surface area contributed by atoms with Gasteiger partial charge in [0.25, 0.3) is 0 Å². The van der Waals surface area contributed by atoms with E-state index in [0.717, 1.165) is 6.54 Å². The smallest absolute Gasteiger partial charge is 0.307 e. The molecular weight excluding hydrogens is 202 g/mol. The molecular formula is C13H25NO2. The zero-order valence-electron chi connectivity index (χ0n) is 10.8. The first-order valence-electron chi connectivity index (χ1n) is 6.45. The first-order valence-corrected chi connectivity index (χ1v) is 6.45. The van der Waals surface area contributed by atoms with Crippen LogP contribution >= 0.6 is 0 Å². The molecule has 1 rings (SSSR count). The van der Waals surface area contributed by atoms with Crippen LogP contribution in [0, 0.1) is 5.41 Å². The quantitative estimate of drug-likeness (QED) is 0.709. The van der Waals surface area contributed by atoms with Gasteiger partial charge in [-0.05, 0) is 32.1 Å². The van der Waals surface area contributed by atoms with E-state index in [9.17, 15) is 4.79 Å². The molecule has 0 aromatic heterocycles. The predicted octanol–water partition coefficient (Wildman–Crippen LogP) is 2.50. The van der Waals surface area contributed by atoms with E-state index in [2.05, 4.69) is 19.2 Å². The molecule has 0 aromatic carbocycles. The van der Waals surface area contributed by atoms with Gasteiger partial charge >= 0.3 is 5.97 Å². The number of hydrogen-bond donors (Lipinski definition) is 1. The molecule has 1 saturated carbocycles. The maximum absolute atomic E-state index is 11.3.